The second-order valence-electron chi connectivity index (χ2n) is 8.83. The maximum absolute atomic E-state index is 13.5. The highest BCUT2D eigenvalue weighted by Gasteiger charge is 2.53. The molecule has 0 amide bonds. The topological polar surface area (TPSA) is 103 Å². The molecule has 0 heterocycles. The van der Waals surface area contributed by atoms with Gasteiger partial charge in [-0.15, -0.1) is 0 Å². The molecule has 2 aliphatic rings. The van der Waals surface area contributed by atoms with E-state index in [9.17, 15) is 33.8 Å². The molecule has 7 nitrogen and oxygen atoms in total. The maximum Gasteiger partial charge on any atom is 0.272 e. The molecule has 0 aliphatic heterocycles. The van der Waals surface area contributed by atoms with Crippen LogP contribution in [-0.4, -0.2) is 15.6 Å². The van der Waals surface area contributed by atoms with Crippen molar-refractivity contribution in [2.75, 3.05) is 0 Å². The Hall–Kier alpha value is -4.27. The van der Waals surface area contributed by atoms with E-state index in [4.69, 9.17) is 0 Å². The fourth-order valence-corrected chi connectivity index (χ4v) is 5.02. The molecule has 0 fully saturated rings. The molecule has 4 unspecified atom stereocenters. The van der Waals surface area contributed by atoms with Crippen molar-refractivity contribution in [3.05, 3.63) is 140 Å². The first-order valence-electron chi connectivity index (χ1n) is 11.2. The lowest BCUT2D eigenvalue weighted by molar-refractivity contribution is -0.573. The van der Waals surface area contributed by atoms with E-state index in [0.29, 0.717) is 0 Å². The van der Waals surface area contributed by atoms with Gasteiger partial charge < -0.3 is 0 Å². The van der Waals surface area contributed by atoms with Gasteiger partial charge in [-0.3, -0.25) is 25.0 Å². The Labute approximate surface area is 205 Å². The molecule has 0 N–H and O–H groups in total. The highest BCUT2D eigenvalue weighted by atomic mass is 19.1. The number of Topliss-reactive ketones (excluding diaryl/α,β-unsaturated/α-hetero) is 1. The molecule has 2 aliphatic carbocycles. The first-order chi connectivity index (χ1) is 17.2. The molecular weight excluding hydrogens is 470 g/mol. The molecule has 184 valence electrons. The number of ketones is 1. The summed E-state index contributed by atoms with van der Waals surface area (Å²) in [6, 6.07) is 9.77. The highest BCUT2D eigenvalue weighted by molar-refractivity contribution is 5.80. The zero-order valence-corrected chi connectivity index (χ0v) is 19.0. The minimum atomic E-state index is -1.79. The number of carbonyl (C=O) groups is 1. The number of benzene rings is 2. The number of hydrogen-bond acceptors (Lipinski definition) is 5. The van der Waals surface area contributed by atoms with Gasteiger partial charge in [0, 0.05) is 33.8 Å². The first-order valence-corrected chi connectivity index (χ1v) is 11.2. The predicted octanol–water partition coefficient (Wildman–Crippen LogP) is 5.44. The first kappa shape index (κ1) is 24.8. The van der Waals surface area contributed by atoms with Gasteiger partial charge in [0.2, 0.25) is 0 Å². The summed E-state index contributed by atoms with van der Waals surface area (Å²) in [7, 11) is 0. The van der Waals surface area contributed by atoms with Crippen molar-refractivity contribution >= 4 is 5.78 Å². The van der Waals surface area contributed by atoms with Crippen LogP contribution in [0.2, 0.25) is 0 Å². The number of halogens is 2. The Morgan fingerprint density at radius 3 is 1.39 bits per heavy atom. The third-order valence-electron chi connectivity index (χ3n) is 6.85. The van der Waals surface area contributed by atoms with E-state index in [2.05, 4.69) is 0 Å². The summed E-state index contributed by atoms with van der Waals surface area (Å²) in [4.78, 5) is 36.9. The Morgan fingerprint density at radius 1 is 0.694 bits per heavy atom. The number of nitro groups is 2. The summed E-state index contributed by atoms with van der Waals surface area (Å²) < 4.78 is 27.0. The largest absolute Gasteiger partial charge is 0.300 e. The van der Waals surface area contributed by atoms with Crippen LogP contribution in [0, 0.1) is 43.7 Å². The van der Waals surface area contributed by atoms with Crippen molar-refractivity contribution in [3.63, 3.8) is 0 Å². The van der Waals surface area contributed by atoms with Crippen LogP contribution >= 0.6 is 0 Å². The Morgan fingerprint density at radius 2 is 1.06 bits per heavy atom. The van der Waals surface area contributed by atoms with Gasteiger partial charge in [0.15, 0.2) is 0 Å². The van der Waals surface area contributed by atoms with E-state index in [1.165, 1.54) is 48.6 Å². The summed E-state index contributed by atoms with van der Waals surface area (Å²) in [5.74, 6) is -3.29. The van der Waals surface area contributed by atoms with Crippen LogP contribution in [0.5, 0.6) is 0 Å². The summed E-state index contributed by atoms with van der Waals surface area (Å²) in [6.45, 7) is 0. The summed E-state index contributed by atoms with van der Waals surface area (Å²) in [5.41, 5.74) is -3.15. The number of rotatable bonds is 8. The smallest absolute Gasteiger partial charge is 0.272 e. The van der Waals surface area contributed by atoms with E-state index in [0.717, 1.165) is 24.3 Å². The molecular formula is C27H22F2N2O5. The van der Waals surface area contributed by atoms with Gasteiger partial charge in [-0.1, -0.05) is 36.5 Å². The number of carbonyl (C=O) groups excluding carboxylic acids is 1. The molecule has 9 heteroatoms. The van der Waals surface area contributed by atoms with E-state index in [-0.39, 0.29) is 24.0 Å². The maximum atomic E-state index is 13.5. The van der Waals surface area contributed by atoms with Crippen LogP contribution in [0.25, 0.3) is 0 Å². The van der Waals surface area contributed by atoms with Crippen LogP contribution in [0.15, 0.2) is 97.1 Å². The molecule has 0 spiro atoms. The van der Waals surface area contributed by atoms with Crippen LogP contribution in [-0.2, 0) is 15.9 Å². The van der Waals surface area contributed by atoms with Crippen LogP contribution in [0.3, 0.4) is 0 Å². The quantitative estimate of drug-likeness (QED) is 0.360. The van der Waals surface area contributed by atoms with Gasteiger partial charge in [-0.2, -0.15) is 0 Å². The highest BCUT2D eigenvalue weighted by Crippen LogP contribution is 2.43. The minimum Gasteiger partial charge on any atom is -0.300 e. The molecule has 2 aromatic rings. The lowest BCUT2D eigenvalue weighted by Gasteiger charge is -2.33. The molecule has 0 aromatic heterocycles. The number of hydrogen-bond donors (Lipinski definition) is 0. The fourth-order valence-electron chi connectivity index (χ4n) is 5.02. The van der Waals surface area contributed by atoms with Crippen LogP contribution < -0.4 is 0 Å². The Balaban J connectivity index is 1.64. The zero-order chi connectivity index (χ0) is 25.9. The van der Waals surface area contributed by atoms with Gasteiger partial charge in [0.1, 0.15) is 17.4 Å². The standard InChI is InChI=1S/C27H22F2N2O5/c28-23-11-7-19(8-12-23)26(30(33)34)15-3-1-5-21(26)17-25(32)18-22-6-2-4-16-27(22,31(35)36)20-9-13-24(29)14-10-20/h1-16,21-22H,17-18H2. The van der Waals surface area contributed by atoms with E-state index >= 15 is 0 Å². The normalized spacial score (nSPS) is 26.6. The Kier molecular flexibility index (Phi) is 6.74. The van der Waals surface area contributed by atoms with Crippen LogP contribution in [0.4, 0.5) is 8.78 Å². The van der Waals surface area contributed by atoms with E-state index < -0.39 is 50.2 Å². The van der Waals surface area contributed by atoms with Crippen molar-refractivity contribution in [3.8, 4) is 0 Å². The third-order valence-corrected chi connectivity index (χ3v) is 6.85. The summed E-state index contributed by atoms with van der Waals surface area (Å²) >= 11 is 0. The average molecular weight is 492 g/mol. The van der Waals surface area contributed by atoms with E-state index in [1.54, 1.807) is 24.3 Å². The lowest BCUT2D eigenvalue weighted by Crippen LogP contribution is -2.44. The predicted molar refractivity (Wildman–Crippen MR) is 128 cm³/mol. The molecule has 4 atom stereocenters. The average Bonchev–Trinajstić information content (AvgIpc) is 2.85. The van der Waals surface area contributed by atoms with Crippen molar-refractivity contribution in [1.29, 1.82) is 0 Å². The van der Waals surface area contributed by atoms with Crippen molar-refractivity contribution in [1.82, 2.24) is 0 Å². The van der Waals surface area contributed by atoms with Crippen molar-refractivity contribution in [2.45, 2.75) is 23.9 Å². The summed E-state index contributed by atoms with van der Waals surface area (Å²) in [6.07, 6.45) is 11.6. The second kappa shape index (κ2) is 9.77. The molecule has 0 saturated heterocycles. The number of nitrogens with zero attached hydrogens (tertiary/aromatic N) is 2. The SMILES string of the molecule is O=C(CC1C=CC=CC1(c1ccc(F)cc1)[N+](=O)[O-])CC1C=CC=CC1(c1ccc(F)cc1)[N+](=O)[O-]. The molecule has 4 rings (SSSR count). The zero-order valence-electron chi connectivity index (χ0n) is 19.0. The van der Waals surface area contributed by atoms with Crippen molar-refractivity contribution in [2.24, 2.45) is 11.8 Å². The third kappa shape index (κ3) is 4.28. The molecule has 36 heavy (non-hydrogen) atoms. The summed E-state index contributed by atoms with van der Waals surface area (Å²) in [5, 5.41) is 24.6. The van der Waals surface area contributed by atoms with Gasteiger partial charge in [-0.05, 0) is 60.7 Å². The van der Waals surface area contributed by atoms with Crippen molar-refractivity contribution < 1.29 is 23.4 Å². The fraction of sp³-hybridized carbons (Fsp3) is 0.222. The molecule has 0 radical (unpaired) electrons. The minimum absolute atomic E-state index is 0.221. The van der Waals surface area contributed by atoms with Gasteiger partial charge in [-0.25, -0.2) is 8.78 Å². The molecule has 0 bridgehead atoms. The second-order valence-corrected chi connectivity index (χ2v) is 8.83. The lowest BCUT2D eigenvalue weighted by atomic mass is 9.70. The van der Waals surface area contributed by atoms with Gasteiger partial charge >= 0.3 is 0 Å². The molecule has 2 aromatic carbocycles. The van der Waals surface area contributed by atoms with Gasteiger partial charge in [0.05, 0.1) is 11.8 Å². The van der Waals surface area contributed by atoms with Gasteiger partial charge in [0.25, 0.3) is 11.1 Å². The monoisotopic (exact) mass is 492 g/mol. The Bertz CT molecular complexity index is 1200. The molecule has 0 saturated carbocycles. The number of allylic oxidation sites excluding steroid dienone is 4. The van der Waals surface area contributed by atoms with E-state index in [1.807, 2.05) is 0 Å². The van der Waals surface area contributed by atoms with Crippen LogP contribution in [0.1, 0.15) is 24.0 Å².